The lowest BCUT2D eigenvalue weighted by atomic mass is 10.1. The van der Waals surface area contributed by atoms with Crippen LogP contribution >= 0.6 is 0 Å². The average molecular weight is 299 g/mol. The van der Waals surface area contributed by atoms with E-state index in [1.54, 1.807) is 0 Å². The van der Waals surface area contributed by atoms with Crippen LogP contribution in [-0.2, 0) is 4.79 Å². The van der Waals surface area contributed by atoms with E-state index in [0.717, 1.165) is 19.5 Å². The third-order valence-corrected chi connectivity index (χ3v) is 4.41. The number of nitrogens with one attached hydrogen (secondary N) is 1. The average Bonchev–Trinajstić information content (AvgIpc) is 3.02. The molecule has 2 heterocycles. The fourth-order valence-electron chi connectivity index (χ4n) is 3.10. The van der Waals surface area contributed by atoms with E-state index in [1.165, 1.54) is 4.90 Å². The molecule has 0 saturated carbocycles. The van der Waals surface area contributed by atoms with Gasteiger partial charge in [-0.2, -0.15) is 0 Å². The van der Waals surface area contributed by atoms with Crippen molar-refractivity contribution < 1.29 is 19.8 Å². The quantitative estimate of drug-likeness (QED) is 0.676. The van der Waals surface area contributed by atoms with Gasteiger partial charge in [0.15, 0.2) is 0 Å². The third-order valence-electron chi connectivity index (χ3n) is 4.41. The molecule has 2 aliphatic heterocycles. The highest BCUT2D eigenvalue weighted by Gasteiger charge is 2.39. The molecule has 120 valence electrons. The minimum absolute atomic E-state index is 0.0889. The summed E-state index contributed by atoms with van der Waals surface area (Å²) in [7, 11) is 0. The van der Waals surface area contributed by atoms with Crippen LogP contribution in [0.3, 0.4) is 0 Å². The molecular formula is C14H25N3O4. The first-order valence-electron chi connectivity index (χ1n) is 7.58. The number of aliphatic hydroxyl groups is 1. The number of amides is 2. The van der Waals surface area contributed by atoms with Gasteiger partial charge in [0.1, 0.15) is 6.04 Å². The molecule has 0 spiro atoms. The van der Waals surface area contributed by atoms with Crippen LogP contribution in [0.2, 0.25) is 0 Å². The Morgan fingerprint density at radius 2 is 2.05 bits per heavy atom. The number of carboxylic acids is 1. The van der Waals surface area contributed by atoms with Gasteiger partial charge in [-0.3, -0.25) is 0 Å². The summed E-state index contributed by atoms with van der Waals surface area (Å²) in [6.45, 7) is 6.96. The van der Waals surface area contributed by atoms with E-state index in [4.69, 9.17) is 5.11 Å². The number of carbonyl (C=O) groups excluding carboxylic acids is 1. The molecule has 0 radical (unpaired) electrons. The van der Waals surface area contributed by atoms with Crippen LogP contribution < -0.4 is 5.32 Å². The molecule has 7 heteroatoms. The van der Waals surface area contributed by atoms with Crippen LogP contribution in [0.5, 0.6) is 0 Å². The molecule has 21 heavy (non-hydrogen) atoms. The minimum atomic E-state index is -1.06. The zero-order valence-electron chi connectivity index (χ0n) is 12.7. The molecule has 2 fully saturated rings. The Labute approximate surface area is 124 Å². The first-order valence-corrected chi connectivity index (χ1v) is 7.58. The predicted molar refractivity (Wildman–Crippen MR) is 77.0 cm³/mol. The standard InChI is InChI=1S/C14H25N3O4/c1-9(2)16-4-3-10(7-16)6-15-14(21)17-8-11(18)5-12(17)13(19)20/h9-12,18H,3-8H2,1-2H3,(H,15,21)(H,19,20)/t10?,11-,12+/m1/s1. The number of likely N-dealkylation sites (tertiary alicyclic amines) is 2. The monoisotopic (exact) mass is 299 g/mol. The second-order valence-corrected chi connectivity index (χ2v) is 6.33. The van der Waals surface area contributed by atoms with Crippen LogP contribution in [0.1, 0.15) is 26.7 Å². The fourth-order valence-corrected chi connectivity index (χ4v) is 3.10. The van der Waals surface area contributed by atoms with E-state index in [1.807, 2.05) is 0 Å². The van der Waals surface area contributed by atoms with E-state index in [-0.39, 0.29) is 19.0 Å². The fraction of sp³-hybridized carbons (Fsp3) is 0.857. The van der Waals surface area contributed by atoms with E-state index in [9.17, 15) is 14.7 Å². The van der Waals surface area contributed by atoms with Gasteiger partial charge in [-0.15, -0.1) is 0 Å². The lowest BCUT2D eigenvalue weighted by Gasteiger charge is -2.23. The van der Waals surface area contributed by atoms with Gasteiger partial charge in [0.25, 0.3) is 0 Å². The molecule has 3 N–H and O–H groups in total. The van der Waals surface area contributed by atoms with Crippen molar-refractivity contribution in [1.82, 2.24) is 15.1 Å². The SMILES string of the molecule is CC(C)N1CCC(CNC(=O)N2C[C@H](O)C[C@H]2C(=O)O)C1. The smallest absolute Gasteiger partial charge is 0.326 e. The molecule has 0 aromatic heterocycles. The summed E-state index contributed by atoms with van der Waals surface area (Å²) in [6, 6.07) is -0.798. The molecule has 0 aromatic carbocycles. The van der Waals surface area contributed by atoms with Gasteiger partial charge in [-0.1, -0.05) is 0 Å². The largest absolute Gasteiger partial charge is 0.480 e. The summed E-state index contributed by atoms with van der Waals surface area (Å²) in [5.74, 6) is -0.652. The van der Waals surface area contributed by atoms with Crippen molar-refractivity contribution in [3.05, 3.63) is 0 Å². The highest BCUT2D eigenvalue weighted by atomic mass is 16.4. The van der Waals surface area contributed by atoms with Crippen LogP contribution in [0.25, 0.3) is 0 Å². The van der Waals surface area contributed by atoms with Gasteiger partial charge in [0.05, 0.1) is 6.10 Å². The Morgan fingerprint density at radius 1 is 1.33 bits per heavy atom. The second-order valence-electron chi connectivity index (χ2n) is 6.33. The number of β-amino-alcohol motifs (C(OH)–C–C–N with tert-alkyl or cyclic N) is 1. The van der Waals surface area contributed by atoms with Crippen LogP contribution in [0.4, 0.5) is 4.79 Å². The lowest BCUT2D eigenvalue weighted by Crippen LogP contribution is -2.47. The molecule has 2 amide bonds. The summed E-state index contributed by atoms with van der Waals surface area (Å²) < 4.78 is 0. The van der Waals surface area contributed by atoms with Crippen molar-refractivity contribution in [2.45, 2.75) is 44.9 Å². The zero-order chi connectivity index (χ0) is 15.6. The van der Waals surface area contributed by atoms with Crippen molar-refractivity contribution in [1.29, 1.82) is 0 Å². The van der Waals surface area contributed by atoms with Crippen LogP contribution in [0.15, 0.2) is 0 Å². The molecular weight excluding hydrogens is 274 g/mol. The zero-order valence-corrected chi connectivity index (χ0v) is 12.7. The Hall–Kier alpha value is -1.34. The Balaban J connectivity index is 1.81. The van der Waals surface area contributed by atoms with E-state index < -0.39 is 18.1 Å². The molecule has 0 aliphatic carbocycles. The van der Waals surface area contributed by atoms with Gasteiger partial charge in [-0.25, -0.2) is 9.59 Å². The van der Waals surface area contributed by atoms with Crippen molar-refractivity contribution in [3.63, 3.8) is 0 Å². The van der Waals surface area contributed by atoms with Crippen LogP contribution in [-0.4, -0.2) is 76.4 Å². The molecule has 2 rings (SSSR count). The van der Waals surface area contributed by atoms with E-state index in [2.05, 4.69) is 24.1 Å². The maximum atomic E-state index is 12.1. The lowest BCUT2D eigenvalue weighted by molar-refractivity contribution is -0.141. The van der Waals surface area contributed by atoms with Gasteiger partial charge in [0.2, 0.25) is 0 Å². The maximum Gasteiger partial charge on any atom is 0.326 e. The number of nitrogens with zero attached hydrogens (tertiary/aromatic N) is 2. The number of aliphatic carboxylic acids is 1. The first kappa shape index (κ1) is 16.0. The number of carbonyl (C=O) groups is 2. The number of hydrogen-bond acceptors (Lipinski definition) is 4. The molecule has 3 atom stereocenters. The molecule has 7 nitrogen and oxygen atoms in total. The number of urea groups is 1. The highest BCUT2D eigenvalue weighted by molar-refractivity contribution is 5.83. The van der Waals surface area contributed by atoms with Crippen molar-refractivity contribution in [2.75, 3.05) is 26.2 Å². The van der Waals surface area contributed by atoms with Gasteiger partial charge < -0.3 is 25.3 Å². The van der Waals surface area contributed by atoms with Crippen LogP contribution in [0, 0.1) is 5.92 Å². The number of hydrogen-bond donors (Lipinski definition) is 3. The van der Waals surface area contributed by atoms with E-state index in [0.29, 0.717) is 18.5 Å². The van der Waals surface area contributed by atoms with Gasteiger partial charge in [0, 0.05) is 32.1 Å². The topological polar surface area (TPSA) is 93.1 Å². The summed E-state index contributed by atoms with van der Waals surface area (Å²) in [5, 5.41) is 21.5. The number of carboxylic acid groups (broad SMARTS) is 1. The maximum absolute atomic E-state index is 12.1. The number of rotatable bonds is 4. The molecule has 0 bridgehead atoms. The molecule has 2 saturated heterocycles. The van der Waals surface area contributed by atoms with Crippen molar-refractivity contribution >= 4 is 12.0 Å². The van der Waals surface area contributed by atoms with Crippen molar-refractivity contribution in [3.8, 4) is 0 Å². The summed E-state index contributed by atoms with van der Waals surface area (Å²) in [6.07, 6.45) is 0.399. The minimum Gasteiger partial charge on any atom is -0.480 e. The third kappa shape index (κ3) is 3.85. The summed E-state index contributed by atoms with van der Waals surface area (Å²) in [5.41, 5.74) is 0. The summed E-state index contributed by atoms with van der Waals surface area (Å²) >= 11 is 0. The Kier molecular flexibility index (Phi) is 5.05. The number of aliphatic hydroxyl groups excluding tert-OH is 1. The molecule has 0 aromatic rings. The Morgan fingerprint density at radius 3 is 2.62 bits per heavy atom. The summed E-state index contributed by atoms with van der Waals surface area (Å²) in [4.78, 5) is 26.8. The van der Waals surface area contributed by atoms with Gasteiger partial charge >= 0.3 is 12.0 Å². The predicted octanol–water partition coefficient (Wildman–Crippen LogP) is -0.0539. The van der Waals surface area contributed by atoms with Gasteiger partial charge in [-0.05, 0) is 32.7 Å². The van der Waals surface area contributed by atoms with Crippen molar-refractivity contribution in [2.24, 2.45) is 5.92 Å². The molecule has 1 unspecified atom stereocenters. The second kappa shape index (κ2) is 6.62. The Bertz CT molecular complexity index is 402. The van der Waals surface area contributed by atoms with E-state index >= 15 is 0 Å². The molecule has 2 aliphatic rings. The first-order chi connectivity index (χ1) is 9.88. The normalized spacial score (nSPS) is 30.1. The highest BCUT2D eigenvalue weighted by Crippen LogP contribution is 2.20.